The third-order valence-electron chi connectivity index (χ3n) is 4.00. The zero-order chi connectivity index (χ0) is 14.4. The second-order valence-corrected chi connectivity index (χ2v) is 5.36. The monoisotopic (exact) mass is 312 g/mol. The lowest BCUT2D eigenvalue weighted by Crippen LogP contribution is -2.38. The summed E-state index contributed by atoms with van der Waals surface area (Å²) in [5.74, 6) is 1.02. The van der Waals surface area contributed by atoms with Gasteiger partial charge < -0.3 is 15.0 Å². The predicted molar refractivity (Wildman–Crippen MR) is 87.2 cm³/mol. The van der Waals surface area contributed by atoms with Crippen molar-refractivity contribution in [3.63, 3.8) is 0 Å². The van der Waals surface area contributed by atoms with Gasteiger partial charge in [0.1, 0.15) is 5.75 Å². The van der Waals surface area contributed by atoms with Crippen molar-refractivity contribution < 1.29 is 9.53 Å². The molecule has 0 aliphatic carbocycles. The molecule has 5 heteroatoms. The maximum atomic E-state index is 12.4. The predicted octanol–water partition coefficient (Wildman–Crippen LogP) is 2.26. The number of methoxy groups -OCH3 is 1. The van der Waals surface area contributed by atoms with Crippen LogP contribution in [0.25, 0.3) is 0 Å². The molecule has 1 amide bonds. The molecule has 0 radical (unpaired) electrons. The second-order valence-electron chi connectivity index (χ2n) is 5.36. The van der Waals surface area contributed by atoms with Crippen LogP contribution in [0.15, 0.2) is 24.3 Å². The molecule has 2 rings (SSSR count). The highest BCUT2D eigenvalue weighted by atomic mass is 35.5. The number of hydrogen-bond donors (Lipinski definition) is 1. The van der Waals surface area contributed by atoms with Gasteiger partial charge in [-0.2, -0.15) is 0 Å². The Morgan fingerprint density at radius 2 is 2.00 bits per heavy atom. The number of carbonyl (C=O) groups is 1. The highest BCUT2D eigenvalue weighted by Crippen LogP contribution is 2.15. The van der Waals surface area contributed by atoms with Crippen molar-refractivity contribution in [1.82, 2.24) is 10.2 Å². The molecule has 1 heterocycles. The number of nitrogens with zero attached hydrogens (tertiary/aromatic N) is 1. The Bertz CT molecular complexity index is 428. The first-order valence-corrected chi connectivity index (χ1v) is 7.30. The van der Waals surface area contributed by atoms with E-state index in [1.165, 1.54) is 0 Å². The standard InChI is InChI=1S/C16H24N2O2.ClH/c1-18(14-4-3-10-17-11-9-14)16(19)12-13-5-7-15(20-2)8-6-13;/h5-8,14,17H,3-4,9-12H2,1-2H3;1H. The Morgan fingerprint density at radius 1 is 1.29 bits per heavy atom. The molecule has 21 heavy (non-hydrogen) atoms. The first-order valence-electron chi connectivity index (χ1n) is 7.30. The number of amides is 1. The van der Waals surface area contributed by atoms with E-state index in [9.17, 15) is 4.79 Å². The molecule has 0 aromatic heterocycles. The Hall–Kier alpha value is -1.26. The van der Waals surface area contributed by atoms with Crippen LogP contribution in [0.2, 0.25) is 0 Å². The van der Waals surface area contributed by atoms with E-state index in [4.69, 9.17) is 4.74 Å². The molecule has 118 valence electrons. The summed E-state index contributed by atoms with van der Waals surface area (Å²) in [6.45, 7) is 2.07. The summed E-state index contributed by atoms with van der Waals surface area (Å²) >= 11 is 0. The van der Waals surface area contributed by atoms with Crippen LogP contribution in [0.5, 0.6) is 5.75 Å². The van der Waals surface area contributed by atoms with Crippen LogP contribution >= 0.6 is 12.4 Å². The summed E-state index contributed by atoms with van der Waals surface area (Å²) in [5, 5.41) is 3.38. The smallest absolute Gasteiger partial charge is 0.226 e. The van der Waals surface area contributed by atoms with Crippen molar-refractivity contribution in [2.24, 2.45) is 0 Å². The first kappa shape index (κ1) is 17.8. The lowest BCUT2D eigenvalue weighted by molar-refractivity contribution is -0.131. The molecule has 1 fully saturated rings. The molecule has 1 atom stereocenters. The van der Waals surface area contributed by atoms with E-state index in [0.29, 0.717) is 12.5 Å². The third kappa shape index (κ3) is 5.21. The van der Waals surface area contributed by atoms with Gasteiger partial charge in [-0.15, -0.1) is 12.4 Å². The maximum absolute atomic E-state index is 12.4. The van der Waals surface area contributed by atoms with Crippen molar-refractivity contribution in [1.29, 1.82) is 0 Å². The number of carbonyl (C=O) groups excluding carboxylic acids is 1. The van der Waals surface area contributed by atoms with Crippen LogP contribution in [0.3, 0.4) is 0 Å². The number of ether oxygens (including phenoxy) is 1. The number of nitrogens with one attached hydrogen (secondary N) is 1. The quantitative estimate of drug-likeness (QED) is 0.927. The number of likely N-dealkylation sites (N-methyl/N-ethyl adjacent to an activating group) is 1. The molecular formula is C16H25ClN2O2. The molecule has 0 bridgehead atoms. The Balaban J connectivity index is 0.00000220. The minimum Gasteiger partial charge on any atom is -0.497 e. The van der Waals surface area contributed by atoms with Gasteiger partial charge in [0.25, 0.3) is 0 Å². The van der Waals surface area contributed by atoms with Gasteiger partial charge >= 0.3 is 0 Å². The zero-order valence-electron chi connectivity index (χ0n) is 12.8. The molecule has 1 aliphatic rings. The van der Waals surface area contributed by atoms with Crippen molar-refractivity contribution in [3.8, 4) is 5.75 Å². The van der Waals surface area contributed by atoms with Gasteiger partial charge in [-0.3, -0.25) is 4.79 Å². The van der Waals surface area contributed by atoms with Gasteiger partial charge in [-0.25, -0.2) is 0 Å². The van der Waals surface area contributed by atoms with Crippen molar-refractivity contribution in [2.75, 3.05) is 27.2 Å². The normalized spacial score (nSPS) is 18.3. The van der Waals surface area contributed by atoms with E-state index in [1.54, 1.807) is 7.11 Å². The molecule has 1 unspecified atom stereocenters. The lowest BCUT2D eigenvalue weighted by atomic mass is 10.1. The fraction of sp³-hybridized carbons (Fsp3) is 0.562. The van der Waals surface area contributed by atoms with E-state index < -0.39 is 0 Å². The van der Waals surface area contributed by atoms with Crippen molar-refractivity contribution >= 4 is 18.3 Å². The highest BCUT2D eigenvalue weighted by Gasteiger charge is 2.20. The SMILES string of the molecule is COc1ccc(CC(=O)N(C)C2CCCNCC2)cc1.Cl. The average molecular weight is 313 g/mol. The molecule has 1 aliphatic heterocycles. The fourth-order valence-corrected chi connectivity index (χ4v) is 2.63. The van der Waals surface area contributed by atoms with Gasteiger partial charge in [0.2, 0.25) is 5.91 Å². The summed E-state index contributed by atoms with van der Waals surface area (Å²) < 4.78 is 5.13. The molecule has 1 aromatic carbocycles. The molecule has 0 spiro atoms. The largest absolute Gasteiger partial charge is 0.497 e. The molecule has 1 aromatic rings. The van der Waals surface area contributed by atoms with Gasteiger partial charge in [0.05, 0.1) is 13.5 Å². The number of halogens is 1. The fourth-order valence-electron chi connectivity index (χ4n) is 2.63. The van der Waals surface area contributed by atoms with Crippen LogP contribution in [-0.2, 0) is 11.2 Å². The Kier molecular flexibility index (Phi) is 7.54. The number of rotatable bonds is 4. The summed E-state index contributed by atoms with van der Waals surface area (Å²) in [5.41, 5.74) is 1.04. The van der Waals surface area contributed by atoms with Gasteiger partial charge in [-0.1, -0.05) is 12.1 Å². The Labute approximate surface area is 133 Å². The summed E-state index contributed by atoms with van der Waals surface area (Å²) in [4.78, 5) is 14.3. The summed E-state index contributed by atoms with van der Waals surface area (Å²) in [6.07, 6.45) is 3.75. The van der Waals surface area contributed by atoms with Gasteiger partial charge in [-0.05, 0) is 50.0 Å². The van der Waals surface area contributed by atoms with E-state index in [0.717, 1.165) is 43.7 Å². The Morgan fingerprint density at radius 3 is 2.67 bits per heavy atom. The van der Waals surface area contributed by atoms with Crippen LogP contribution in [0, 0.1) is 0 Å². The van der Waals surface area contributed by atoms with Crippen LogP contribution in [0.4, 0.5) is 0 Å². The van der Waals surface area contributed by atoms with E-state index in [2.05, 4.69) is 5.32 Å². The highest BCUT2D eigenvalue weighted by molar-refractivity contribution is 5.85. The average Bonchev–Trinajstić information content (AvgIpc) is 2.76. The molecular weight excluding hydrogens is 288 g/mol. The summed E-state index contributed by atoms with van der Waals surface area (Å²) in [6, 6.07) is 8.09. The molecule has 1 saturated heterocycles. The lowest BCUT2D eigenvalue weighted by Gasteiger charge is -2.27. The number of hydrogen-bond acceptors (Lipinski definition) is 3. The van der Waals surface area contributed by atoms with Crippen LogP contribution < -0.4 is 10.1 Å². The first-order chi connectivity index (χ1) is 9.70. The minimum absolute atomic E-state index is 0. The maximum Gasteiger partial charge on any atom is 0.226 e. The topological polar surface area (TPSA) is 41.6 Å². The number of benzene rings is 1. The van der Waals surface area contributed by atoms with Crippen molar-refractivity contribution in [2.45, 2.75) is 31.7 Å². The van der Waals surface area contributed by atoms with Crippen LogP contribution in [0.1, 0.15) is 24.8 Å². The zero-order valence-corrected chi connectivity index (χ0v) is 13.6. The second kappa shape index (κ2) is 8.90. The van der Waals surface area contributed by atoms with Crippen molar-refractivity contribution in [3.05, 3.63) is 29.8 Å². The van der Waals surface area contributed by atoms with Gasteiger partial charge in [0, 0.05) is 13.1 Å². The molecule has 4 nitrogen and oxygen atoms in total. The minimum atomic E-state index is 0. The van der Waals surface area contributed by atoms with Crippen LogP contribution in [-0.4, -0.2) is 44.1 Å². The van der Waals surface area contributed by atoms with E-state index in [-0.39, 0.29) is 18.3 Å². The summed E-state index contributed by atoms with van der Waals surface area (Å²) in [7, 11) is 3.58. The van der Waals surface area contributed by atoms with E-state index >= 15 is 0 Å². The van der Waals surface area contributed by atoms with Gasteiger partial charge in [0.15, 0.2) is 0 Å². The third-order valence-corrected chi connectivity index (χ3v) is 4.00. The molecule has 0 saturated carbocycles. The van der Waals surface area contributed by atoms with E-state index in [1.807, 2.05) is 36.2 Å². The molecule has 1 N–H and O–H groups in total.